The van der Waals surface area contributed by atoms with Gasteiger partial charge in [-0.1, -0.05) is 0 Å². The van der Waals surface area contributed by atoms with Crippen molar-refractivity contribution in [1.82, 2.24) is 0 Å². The van der Waals surface area contributed by atoms with Gasteiger partial charge in [0.25, 0.3) is 0 Å². The summed E-state index contributed by atoms with van der Waals surface area (Å²) in [6.07, 6.45) is 1.17. The first-order valence-electron chi connectivity index (χ1n) is 7.28. The summed E-state index contributed by atoms with van der Waals surface area (Å²) in [5.74, 6) is 1.44. The maximum absolute atomic E-state index is 11.4. The Balaban J connectivity index is 2.72. The second-order valence-corrected chi connectivity index (χ2v) is 4.53. The molecule has 0 saturated heterocycles. The molecule has 0 N–H and O–H groups in total. The zero-order chi connectivity index (χ0) is 15.7. The molecule has 0 spiro atoms. The van der Waals surface area contributed by atoms with Gasteiger partial charge >= 0.3 is 5.97 Å². The molecule has 0 aromatic heterocycles. The number of anilines is 1. The van der Waals surface area contributed by atoms with Crippen LogP contribution in [0.1, 0.15) is 26.7 Å². The number of benzene rings is 1. The number of hydrogen-bond acceptors (Lipinski definition) is 5. The topological polar surface area (TPSA) is 48.0 Å². The Labute approximate surface area is 126 Å². The maximum atomic E-state index is 11.4. The van der Waals surface area contributed by atoms with Gasteiger partial charge in [0.1, 0.15) is 11.5 Å². The van der Waals surface area contributed by atoms with Crippen LogP contribution in [0.25, 0.3) is 0 Å². The van der Waals surface area contributed by atoms with Crippen molar-refractivity contribution < 1.29 is 19.0 Å². The van der Waals surface area contributed by atoms with E-state index >= 15 is 0 Å². The van der Waals surface area contributed by atoms with E-state index < -0.39 is 0 Å². The lowest BCUT2D eigenvalue weighted by atomic mass is 10.2. The molecule has 0 atom stereocenters. The van der Waals surface area contributed by atoms with Gasteiger partial charge in [-0.15, -0.1) is 0 Å². The van der Waals surface area contributed by atoms with Crippen molar-refractivity contribution in [2.24, 2.45) is 0 Å². The Morgan fingerprint density at radius 3 is 2.52 bits per heavy atom. The number of hydrogen-bond donors (Lipinski definition) is 0. The largest absolute Gasteiger partial charge is 0.497 e. The van der Waals surface area contributed by atoms with E-state index in [1.807, 2.05) is 25.1 Å². The minimum Gasteiger partial charge on any atom is -0.497 e. The van der Waals surface area contributed by atoms with E-state index in [2.05, 4.69) is 11.8 Å². The Bertz CT molecular complexity index is 448. The highest BCUT2D eigenvalue weighted by Gasteiger charge is 2.12. The summed E-state index contributed by atoms with van der Waals surface area (Å²) in [6, 6.07) is 5.71. The molecule has 0 heterocycles. The molecule has 0 aliphatic heterocycles. The Morgan fingerprint density at radius 2 is 1.95 bits per heavy atom. The van der Waals surface area contributed by atoms with Crippen molar-refractivity contribution >= 4 is 11.7 Å². The van der Waals surface area contributed by atoms with E-state index in [9.17, 15) is 4.79 Å². The average Bonchev–Trinajstić information content (AvgIpc) is 2.51. The van der Waals surface area contributed by atoms with E-state index in [1.54, 1.807) is 14.2 Å². The van der Waals surface area contributed by atoms with E-state index in [4.69, 9.17) is 14.2 Å². The van der Waals surface area contributed by atoms with Crippen LogP contribution in [0.4, 0.5) is 5.69 Å². The fourth-order valence-electron chi connectivity index (χ4n) is 2.14. The summed E-state index contributed by atoms with van der Waals surface area (Å²) in [5, 5.41) is 0. The summed E-state index contributed by atoms with van der Waals surface area (Å²) < 4.78 is 15.6. The smallest absolute Gasteiger partial charge is 0.305 e. The number of methoxy groups -OCH3 is 2. The van der Waals surface area contributed by atoms with Crippen molar-refractivity contribution in [3.63, 3.8) is 0 Å². The minimum atomic E-state index is -0.147. The van der Waals surface area contributed by atoms with Crippen molar-refractivity contribution in [3.8, 4) is 11.5 Å². The molecule has 1 aromatic carbocycles. The highest BCUT2D eigenvalue weighted by atomic mass is 16.5. The second-order valence-electron chi connectivity index (χ2n) is 4.53. The average molecular weight is 295 g/mol. The van der Waals surface area contributed by atoms with Crippen LogP contribution in [0.3, 0.4) is 0 Å². The number of esters is 1. The molecule has 0 unspecified atom stereocenters. The van der Waals surface area contributed by atoms with Gasteiger partial charge in [-0.25, -0.2) is 0 Å². The van der Waals surface area contributed by atoms with Crippen LogP contribution in [0, 0.1) is 0 Å². The molecule has 0 aliphatic carbocycles. The number of ether oxygens (including phenoxy) is 3. The summed E-state index contributed by atoms with van der Waals surface area (Å²) in [5.41, 5.74) is 0.975. The number of rotatable bonds is 9. The molecule has 21 heavy (non-hydrogen) atoms. The first-order chi connectivity index (χ1) is 10.2. The Kier molecular flexibility index (Phi) is 7.43. The lowest BCUT2D eigenvalue weighted by Gasteiger charge is -2.25. The summed E-state index contributed by atoms with van der Waals surface area (Å²) >= 11 is 0. The van der Waals surface area contributed by atoms with Crippen molar-refractivity contribution in [2.75, 3.05) is 38.8 Å². The van der Waals surface area contributed by atoms with Crippen LogP contribution in [0.5, 0.6) is 11.5 Å². The van der Waals surface area contributed by atoms with Gasteiger partial charge in [-0.3, -0.25) is 4.79 Å². The minimum absolute atomic E-state index is 0.147. The fraction of sp³-hybridized carbons (Fsp3) is 0.562. The summed E-state index contributed by atoms with van der Waals surface area (Å²) in [7, 11) is 3.29. The van der Waals surface area contributed by atoms with Gasteiger partial charge in [0.15, 0.2) is 0 Å². The molecule has 0 radical (unpaired) electrons. The molecule has 1 aromatic rings. The quantitative estimate of drug-likeness (QED) is 0.656. The molecule has 0 fully saturated rings. The normalized spacial score (nSPS) is 10.1. The van der Waals surface area contributed by atoms with Crippen molar-refractivity contribution in [3.05, 3.63) is 18.2 Å². The van der Waals surface area contributed by atoms with Gasteiger partial charge < -0.3 is 19.1 Å². The highest BCUT2D eigenvalue weighted by molar-refractivity contribution is 5.69. The first-order valence-corrected chi connectivity index (χ1v) is 7.28. The predicted octanol–water partition coefficient (Wildman–Crippen LogP) is 2.87. The molecule has 0 aliphatic rings. The van der Waals surface area contributed by atoms with Gasteiger partial charge in [0, 0.05) is 25.6 Å². The monoisotopic (exact) mass is 295 g/mol. The summed E-state index contributed by atoms with van der Waals surface area (Å²) in [6.45, 7) is 5.91. The molecule has 5 heteroatoms. The maximum Gasteiger partial charge on any atom is 0.305 e. The van der Waals surface area contributed by atoms with Crippen LogP contribution in [-0.4, -0.2) is 39.9 Å². The van der Waals surface area contributed by atoms with E-state index in [1.165, 1.54) is 0 Å². The van der Waals surface area contributed by atoms with Gasteiger partial charge in [-0.05, 0) is 32.4 Å². The fourth-order valence-corrected chi connectivity index (χ4v) is 2.14. The molecule has 118 valence electrons. The molecule has 0 saturated carbocycles. The lowest BCUT2D eigenvalue weighted by molar-refractivity contribution is -0.143. The zero-order valence-electron chi connectivity index (χ0n) is 13.3. The molecular formula is C16H25NO4. The number of nitrogens with zero attached hydrogens (tertiary/aromatic N) is 1. The molecule has 0 amide bonds. The first kappa shape index (κ1) is 17.1. The van der Waals surface area contributed by atoms with E-state index in [-0.39, 0.29) is 5.97 Å². The third kappa shape index (κ3) is 5.17. The molecule has 5 nitrogen and oxygen atoms in total. The number of carbonyl (C=O) groups is 1. The zero-order valence-corrected chi connectivity index (χ0v) is 13.3. The third-order valence-corrected chi connectivity index (χ3v) is 3.22. The van der Waals surface area contributed by atoms with Crippen LogP contribution in [-0.2, 0) is 9.53 Å². The highest BCUT2D eigenvalue weighted by Crippen LogP contribution is 2.32. The van der Waals surface area contributed by atoms with Crippen LogP contribution < -0.4 is 14.4 Å². The summed E-state index contributed by atoms with van der Waals surface area (Å²) in [4.78, 5) is 13.6. The lowest BCUT2D eigenvalue weighted by Crippen LogP contribution is -2.25. The SMILES string of the molecule is CCOC(=O)CCCN(CC)c1cc(OC)ccc1OC. The van der Waals surface area contributed by atoms with Crippen molar-refractivity contribution in [1.29, 1.82) is 0 Å². The third-order valence-electron chi connectivity index (χ3n) is 3.22. The van der Waals surface area contributed by atoms with E-state index in [0.29, 0.717) is 13.0 Å². The predicted molar refractivity (Wildman–Crippen MR) is 83.3 cm³/mol. The van der Waals surface area contributed by atoms with Crippen molar-refractivity contribution in [2.45, 2.75) is 26.7 Å². The Hall–Kier alpha value is -1.91. The van der Waals surface area contributed by atoms with Gasteiger partial charge in [0.2, 0.25) is 0 Å². The standard InChI is InChI=1S/C16H25NO4/c1-5-17(11-7-8-16(18)21-6-2)14-12-13(19-3)9-10-15(14)20-4/h9-10,12H,5-8,11H2,1-4H3. The second kappa shape index (κ2) is 9.10. The molecular weight excluding hydrogens is 270 g/mol. The van der Waals surface area contributed by atoms with Crippen LogP contribution in [0.2, 0.25) is 0 Å². The van der Waals surface area contributed by atoms with Gasteiger partial charge in [-0.2, -0.15) is 0 Å². The van der Waals surface area contributed by atoms with Gasteiger partial charge in [0.05, 0.1) is 26.5 Å². The van der Waals surface area contributed by atoms with Crippen LogP contribution in [0.15, 0.2) is 18.2 Å². The van der Waals surface area contributed by atoms with Crippen LogP contribution >= 0.6 is 0 Å². The molecule has 0 bridgehead atoms. The Morgan fingerprint density at radius 1 is 1.19 bits per heavy atom. The number of carbonyl (C=O) groups excluding carboxylic acids is 1. The van der Waals surface area contributed by atoms with E-state index in [0.717, 1.165) is 36.7 Å². The molecule has 1 rings (SSSR count).